The predicted octanol–water partition coefficient (Wildman–Crippen LogP) is 4.74. The van der Waals surface area contributed by atoms with Crippen LogP contribution in [0.4, 0.5) is 5.69 Å². The number of para-hydroxylation sites is 1. The Morgan fingerprint density at radius 1 is 1.00 bits per heavy atom. The lowest BCUT2D eigenvalue weighted by Crippen LogP contribution is -2.22. The average molecular weight is 309 g/mol. The molecule has 0 amide bonds. The number of esters is 1. The third-order valence-corrected chi connectivity index (χ3v) is 3.09. The molecule has 0 saturated heterocycles. The van der Waals surface area contributed by atoms with Gasteiger partial charge in [0.1, 0.15) is 5.60 Å². The Bertz CT molecular complexity index is 642. The smallest absolute Gasteiger partial charge is 0.331 e. The first-order valence-electron chi connectivity index (χ1n) is 7.72. The van der Waals surface area contributed by atoms with E-state index >= 15 is 0 Å². The fourth-order valence-electron chi connectivity index (χ4n) is 2.13. The first kappa shape index (κ1) is 16.8. The van der Waals surface area contributed by atoms with Crippen molar-refractivity contribution in [1.82, 2.24) is 0 Å². The molecule has 120 valence electrons. The molecule has 1 unspecified atom stereocenters. The summed E-state index contributed by atoms with van der Waals surface area (Å²) in [5, 5.41) is 3.42. The van der Waals surface area contributed by atoms with E-state index in [0.29, 0.717) is 0 Å². The highest BCUT2D eigenvalue weighted by molar-refractivity contribution is 5.82. The number of anilines is 1. The number of carbonyl (C=O) groups excluding carboxylic acids is 1. The standard InChI is InChI=1S/C20H23NO2/c1-20(2,3)23-19(22)15-14-18(16-10-6-4-7-11-16)21-17-12-8-5-9-13-17/h4-15,18,21H,1-3H3/b15-14+. The largest absolute Gasteiger partial charge is 0.457 e. The summed E-state index contributed by atoms with van der Waals surface area (Å²) in [6, 6.07) is 19.8. The van der Waals surface area contributed by atoms with Crippen molar-refractivity contribution in [1.29, 1.82) is 0 Å². The van der Waals surface area contributed by atoms with Gasteiger partial charge in [-0.05, 0) is 38.5 Å². The molecule has 0 radical (unpaired) electrons. The molecule has 2 aromatic carbocycles. The molecule has 0 aliphatic carbocycles. The molecule has 0 fully saturated rings. The van der Waals surface area contributed by atoms with Gasteiger partial charge in [0.25, 0.3) is 0 Å². The van der Waals surface area contributed by atoms with Gasteiger partial charge in [0, 0.05) is 11.8 Å². The van der Waals surface area contributed by atoms with E-state index in [9.17, 15) is 4.79 Å². The third-order valence-electron chi connectivity index (χ3n) is 3.09. The molecule has 2 aromatic rings. The second kappa shape index (κ2) is 7.63. The molecule has 1 N–H and O–H groups in total. The topological polar surface area (TPSA) is 38.3 Å². The minimum atomic E-state index is -0.490. The molecule has 0 aliphatic heterocycles. The number of hydrogen-bond acceptors (Lipinski definition) is 3. The highest BCUT2D eigenvalue weighted by atomic mass is 16.6. The summed E-state index contributed by atoms with van der Waals surface area (Å²) >= 11 is 0. The summed E-state index contributed by atoms with van der Waals surface area (Å²) in [7, 11) is 0. The summed E-state index contributed by atoms with van der Waals surface area (Å²) in [5.41, 5.74) is 1.59. The summed E-state index contributed by atoms with van der Waals surface area (Å²) in [6.07, 6.45) is 3.31. The first-order chi connectivity index (χ1) is 10.9. The second-order valence-electron chi connectivity index (χ2n) is 6.29. The van der Waals surface area contributed by atoms with Crippen LogP contribution in [0, 0.1) is 0 Å². The second-order valence-corrected chi connectivity index (χ2v) is 6.29. The zero-order valence-electron chi connectivity index (χ0n) is 13.8. The maximum absolute atomic E-state index is 11.9. The zero-order chi connectivity index (χ0) is 16.7. The van der Waals surface area contributed by atoms with Crippen LogP contribution in [0.15, 0.2) is 72.8 Å². The molecule has 23 heavy (non-hydrogen) atoms. The normalized spacial score (nSPS) is 12.8. The van der Waals surface area contributed by atoms with Gasteiger partial charge < -0.3 is 10.1 Å². The van der Waals surface area contributed by atoms with Crippen LogP contribution in [0.1, 0.15) is 32.4 Å². The van der Waals surface area contributed by atoms with E-state index in [1.54, 1.807) is 0 Å². The van der Waals surface area contributed by atoms with E-state index in [-0.39, 0.29) is 12.0 Å². The Morgan fingerprint density at radius 3 is 2.13 bits per heavy atom. The quantitative estimate of drug-likeness (QED) is 0.640. The highest BCUT2D eigenvalue weighted by Crippen LogP contribution is 2.21. The Kier molecular flexibility index (Phi) is 5.58. The van der Waals surface area contributed by atoms with Crippen molar-refractivity contribution in [2.24, 2.45) is 0 Å². The molecule has 0 aromatic heterocycles. The number of hydrogen-bond donors (Lipinski definition) is 1. The van der Waals surface area contributed by atoms with Gasteiger partial charge in [0.05, 0.1) is 6.04 Å². The Morgan fingerprint density at radius 2 is 1.57 bits per heavy atom. The van der Waals surface area contributed by atoms with Crippen molar-refractivity contribution in [3.63, 3.8) is 0 Å². The van der Waals surface area contributed by atoms with Crippen LogP contribution in [0.3, 0.4) is 0 Å². The number of nitrogens with one attached hydrogen (secondary N) is 1. The van der Waals surface area contributed by atoms with Gasteiger partial charge in [-0.15, -0.1) is 0 Å². The van der Waals surface area contributed by atoms with Gasteiger partial charge in [-0.2, -0.15) is 0 Å². The van der Waals surface area contributed by atoms with Crippen LogP contribution < -0.4 is 5.32 Å². The van der Waals surface area contributed by atoms with E-state index in [1.165, 1.54) is 6.08 Å². The molecule has 3 nitrogen and oxygen atoms in total. The Labute approximate surface area is 138 Å². The van der Waals surface area contributed by atoms with E-state index in [0.717, 1.165) is 11.3 Å². The molecule has 0 spiro atoms. The average Bonchev–Trinajstić information content (AvgIpc) is 2.51. The fraction of sp³-hybridized carbons (Fsp3) is 0.250. The number of rotatable bonds is 5. The number of benzene rings is 2. The maximum Gasteiger partial charge on any atom is 0.331 e. The van der Waals surface area contributed by atoms with E-state index in [2.05, 4.69) is 5.32 Å². The van der Waals surface area contributed by atoms with Crippen LogP contribution in [-0.2, 0) is 9.53 Å². The van der Waals surface area contributed by atoms with Crippen LogP contribution in [0.5, 0.6) is 0 Å². The van der Waals surface area contributed by atoms with Crippen molar-refractivity contribution < 1.29 is 9.53 Å². The predicted molar refractivity (Wildman–Crippen MR) is 94.2 cm³/mol. The summed E-state index contributed by atoms with van der Waals surface area (Å²) in [4.78, 5) is 11.9. The van der Waals surface area contributed by atoms with Crippen LogP contribution in [0.2, 0.25) is 0 Å². The molecule has 2 rings (SSSR count). The van der Waals surface area contributed by atoms with Crippen molar-refractivity contribution in [2.45, 2.75) is 32.4 Å². The monoisotopic (exact) mass is 309 g/mol. The van der Waals surface area contributed by atoms with E-state index in [4.69, 9.17) is 4.74 Å². The lowest BCUT2D eigenvalue weighted by atomic mass is 10.1. The molecule has 3 heteroatoms. The van der Waals surface area contributed by atoms with Gasteiger partial charge in [0.15, 0.2) is 0 Å². The van der Waals surface area contributed by atoms with Crippen LogP contribution in [-0.4, -0.2) is 11.6 Å². The molecule has 1 atom stereocenters. The molecule has 0 heterocycles. The zero-order valence-corrected chi connectivity index (χ0v) is 13.8. The van der Waals surface area contributed by atoms with E-state index in [1.807, 2.05) is 87.5 Å². The van der Waals surface area contributed by atoms with E-state index < -0.39 is 5.60 Å². The van der Waals surface area contributed by atoms with Crippen molar-refractivity contribution >= 4 is 11.7 Å². The van der Waals surface area contributed by atoms with Gasteiger partial charge in [-0.25, -0.2) is 4.79 Å². The third kappa shape index (κ3) is 5.99. The van der Waals surface area contributed by atoms with Gasteiger partial charge in [-0.3, -0.25) is 0 Å². The highest BCUT2D eigenvalue weighted by Gasteiger charge is 2.15. The lowest BCUT2D eigenvalue weighted by molar-refractivity contribution is -0.148. The van der Waals surface area contributed by atoms with Crippen molar-refractivity contribution in [3.8, 4) is 0 Å². The van der Waals surface area contributed by atoms with Gasteiger partial charge >= 0.3 is 5.97 Å². The molecular weight excluding hydrogens is 286 g/mol. The molecule has 0 saturated carbocycles. The SMILES string of the molecule is CC(C)(C)OC(=O)/C=C/C(Nc1ccccc1)c1ccccc1. The van der Waals surface area contributed by atoms with Crippen LogP contribution in [0.25, 0.3) is 0 Å². The summed E-state index contributed by atoms with van der Waals surface area (Å²) in [6.45, 7) is 5.57. The van der Waals surface area contributed by atoms with Gasteiger partial charge in [0.2, 0.25) is 0 Å². The van der Waals surface area contributed by atoms with Crippen molar-refractivity contribution in [2.75, 3.05) is 5.32 Å². The number of carbonyl (C=O) groups is 1. The lowest BCUT2D eigenvalue weighted by Gasteiger charge is -2.19. The molecular formula is C20H23NO2. The maximum atomic E-state index is 11.9. The van der Waals surface area contributed by atoms with Crippen LogP contribution >= 0.6 is 0 Å². The first-order valence-corrected chi connectivity index (χ1v) is 7.72. The summed E-state index contributed by atoms with van der Waals surface area (Å²) < 4.78 is 5.32. The minimum absolute atomic E-state index is 0.105. The summed E-state index contributed by atoms with van der Waals surface area (Å²) in [5.74, 6) is -0.340. The van der Waals surface area contributed by atoms with Crippen molar-refractivity contribution in [3.05, 3.63) is 78.4 Å². The molecule has 0 bridgehead atoms. The molecule has 0 aliphatic rings. The van der Waals surface area contributed by atoms with Gasteiger partial charge in [-0.1, -0.05) is 54.6 Å². The Balaban J connectivity index is 2.16. The number of ether oxygens (including phenoxy) is 1. The minimum Gasteiger partial charge on any atom is -0.457 e. The fourth-order valence-corrected chi connectivity index (χ4v) is 2.13. The Hall–Kier alpha value is -2.55.